The van der Waals surface area contributed by atoms with Crippen molar-refractivity contribution in [2.75, 3.05) is 12.4 Å². The number of ether oxygens (including phenoxy) is 1. The minimum Gasteiger partial charge on any atom is -0.494 e. The van der Waals surface area contributed by atoms with Gasteiger partial charge in [-0.2, -0.15) is 0 Å². The van der Waals surface area contributed by atoms with E-state index in [0.29, 0.717) is 11.5 Å². The van der Waals surface area contributed by atoms with Crippen LogP contribution in [0.4, 0.5) is 10.1 Å². The zero-order valence-electron chi connectivity index (χ0n) is 10.0. The second-order valence-corrected chi connectivity index (χ2v) is 4.87. The van der Waals surface area contributed by atoms with Crippen LogP contribution in [-0.4, -0.2) is 13.2 Å². The van der Waals surface area contributed by atoms with Crippen molar-refractivity contribution in [3.8, 4) is 5.75 Å². The van der Waals surface area contributed by atoms with Crippen molar-refractivity contribution in [3.05, 3.63) is 24.0 Å². The van der Waals surface area contributed by atoms with Crippen molar-refractivity contribution in [2.24, 2.45) is 5.41 Å². The molecule has 2 nitrogen and oxygen atoms in total. The zero-order chi connectivity index (χ0) is 11.8. The van der Waals surface area contributed by atoms with Gasteiger partial charge in [0.1, 0.15) is 0 Å². The van der Waals surface area contributed by atoms with Crippen molar-refractivity contribution in [1.82, 2.24) is 0 Å². The maximum atomic E-state index is 13.2. The molecule has 1 atom stereocenters. The monoisotopic (exact) mass is 223 g/mol. The Morgan fingerprint density at radius 3 is 2.69 bits per heavy atom. The van der Waals surface area contributed by atoms with Crippen molar-refractivity contribution in [3.63, 3.8) is 0 Å². The quantitative estimate of drug-likeness (QED) is 0.844. The van der Waals surface area contributed by atoms with E-state index in [0.717, 1.165) is 5.69 Å². The fraction of sp³-hybridized carbons (Fsp3) is 0.538. The van der Waals surface area contributed by atoms with E-state index in [9.17, 15) is 4.39 Å². The van der Waals surface area contributed by atoms with Crippen LogP contribution in [0.2, 0.25) is 0 Å². The van der Waals surface area contributed by atoms with Gasteiger partial charge in [-0.15, -0.1) is 0 Å². The molecule has 1 unspecified atom stereocenters. The SMILES string of the molecule is COc1cc(NC(C)C2(C)CC2)ccc1F. The number of hydrogen-bond donors (Lipinski definition) is 1. The number of rotatable bonds is 4. The Kier molecular flexibility index (Phi) is 2.78. The van der Waals surface area contributed by atoms with Gasteiger partial charge >= 0.3 is 0 Å². The van der Waals surface area contributed by atoms with E-state index in [2.05, 4.69) is 19.2 Å². The summed E-state index contributed by atoms with van der Waals surface area (Å²) in [5.74, 6) is -0.0310. The van der Waals surface area contributed by atoms with Crippen LogP contribution in [0.25, 0.3) is 0 Å². The fourth-order valence-corrected chi connectivity index (χ4v) is 1.80. The molecule has 1 saturated carbocycles. The van der Waals surface area contributed by atoms with Crippen LogP contribution in [0.3, 0.4) is 0 Å². The maximum absolute atomic E-state index is 13.2. The lowest BCUT2D eigenvalue weighted by molar-refractivity contribution is 0.386. The van der Waals surface area contributed by atoms with Crippen LogP contribution < -0.4 is 10.1 Å². The highest BCUT2D eigenvalue weighted by atomic mass is 19.1. The standard InChI is InChI=1S/C13H18FNO/c1-9(13(2)6-7-13)15-10-4-5-11(14)12(8-10)16-3/h4-5,8-9,15H,6-7H2,1-3H3. The summed E-state index contributed by atoms with van der Waals surface area (Å²) in [4.78, 5) is 0. The average molecular weight is 223 g/mol. The van der Waals surface area contributed by atoms with Crippen molar-refractivity contribution < 1.29 is 9.13 Å². The molecule has 0 heterocycles. The third-order valence-corrected chi connectivity index (χ3v) is 3.62. The first-order valence-corrected chi connectivity index (χ1v) is 5.65. The Balaban J connectivity index is 2.09. The molecule has 1 fully saturated rings. The van der Waals surface area contributed by atoms with Gasteiger partial charge in [-0.25, -0.2) is 4.39 Å². The zero-order valence-corrected chi connectivity index (χ0v) is 10.0. The summed E-state index contributed by atoms with van der Waals surface area (Å²) < 4.78 is 18.2. The molecular formula is C13H18FNO. The van der Waals surface area contributed by atoms with Crippen LogP contribution in [0, 0.1) is 11.2 Å². The number of nitrogens with one attached hydrogen (secondary N) is 1. The summed E-state index contributed by atoms with van der Waals surface area (Å²) in [6.07, 6.45) is 2.53. The van der Waals surface area contributed by atoms with E-state index in [4.69, 9.17) is 4.74 Å². The molecule has 1 aromatic rings. The predicted molar refractivity (Wildman–Crippen MR) is 63.4 cm³/mol. The summed E-state index contributed by atoms with van der Waals surface area (Å²) >= 11 is 0. The molecule has 0 radical (unpaired) electrons. The van der Waals surface area contributed by atoms with E-state index >= 15 is 0 Å². The number of methoxy groups -OCH3 is 1. The van der Waals surface area contributed by atoms with E-state index in [1.165, 1.54) is 26.0 Å². The van der Waals surface area contributed by atoms with Gasteiger partial charge in [-0.05, 0) is 37.3 Å². The largest absolute Gasteiger partial charge is 0.494 e. The molecule has 0 spiro atoms. The molecule has 3 heteroatoms. The molecule has 0 amide bonds. The molecule has 16 heavy (non-hydrogen) atoms. The summed E-state index contributed by atoms with van der Waals surface area (Å²) in [5.41, 5.74) is 1.32. The van der Waals surface area contributed by atoms with E-state index < -0.39 is 0 Å². The van der Waals surface area contributed by atoms with Gasteiger partial charge in [0.2, 0.25) is 0 Å². The highest BCUT2D eigenvalue weighted by molar-refractivity contribution is 5.49. The first kappa shape index (κ1) is 11.2. The topological polar surface area (TPSA) is 21.3 Å². The Hall–Kier alpha value is -1.25. The summed E-state index contributed by atoms with van der Waals surface area (Å²) in [5, 5.41) is 3.40. The molecule has 1 N–H and O–H groups in total. The Bertz CT molecular complexity index is 388. The lowest BCUT2D eigenvalue weighted by Crippen LogP contribution is -2.24. The van der Waals surface area contributed by atoms with E-state index in [1.54, 1.807) is 12.1 Å². The average Bonchev–Trinajstić information content (AvgIpc) is 3.01. The number of benzene rings is 1. The van der Waals surface area contributed by atoms with E-state index in [1.807, 2.05) is 0 Å². The minimum absolute atomic E-state index is 0.290. The number of hydrogen-bond acceptors (Lipinski definition) is 2. The first-order valence-electron chi connectivity index (χ1n) is 5.65. The second-order valence-electron chi connectivity index (χ2n) is 4.87. The van der Waals surface area contributed by atoms with Gasteiger partial charge < -0.3 is 10.1 Å². The van der Waals surface area contributed by atoms with Crippen molar-refractivity contribution in [2.45, 2.75) is 32.7 Å². The third kappa shape index (κ3) is 2.13. The molecule has 1 aliphatic rings. The Morgan fingerprint density at radius 2 is 2.12 bits per heavy atom. The van der Waals surface area contributed by atoms with Crippen LogP contribution >= 0.6 is 0 Å². The van der Waals surface area contributed by atoms with Gasteiger partial charge in [0.15, 0.2) is 11.6 Å². The van der Waals surface area contributed by atoms with Gasteiger partial charge in [-0.3, -0.25) is 0 Å². The molecule has 1 aromatic carbocycles. The predicted octanol–water partition coefficient (Wildman–Crippen LogP) is 3.43. The molecular weight excluding hydrogens is 205 g/mol. The minimum atomic E-state index is -0.321. The van der Waals surface area contributed by atoms with Crippen LogP contribution in [0.5, 0.6) is 5.75 Å². The van der Waals surface area contributed by atoms with Gasteiger partial charge in [0, 0.05) is 17.8 Å². The lowest BCUT2D eigenvalue weighted by Gasteiger charge is -2.21. The van der Waals surface area contributed by atoms with Gasteiger partial charge in [-0.1, -0.05) is 6.92 Å². The molecule has 0 aliphatic heterocycles. The normalized spacial score (nSPS) is 19.0. The summed E-state index contributed by atoms with van der Waals surface area (Å²) in [6, 6.07) is 5.29. The molecule has 0 bridgehead atoms. The fourth-order valence-electron chi connectivity index (χ4n) is 1.80. The Morgan fingerprint density at radius 1 is 1.44 bits per heavy atom. The number of anilines is 1. The highest BCUT2D eigenvalue weighted by Crippen LogP contribution is 2.48. The van der Waals surface area contributed by atoms with Crippen LogP contribution in [0.15, 0.2) is 18.2 Å². The number of halogens is 1. The van der Waals surface area contributed by atoms with Gasteiger partial charge in [0.05, 0.1) is 7.11 Å². The first-order chi connectivity index (χ1) is 7.55. The maximum Gasteiger partial charge on any atom is 0.165 e. The highest BCUT2D eigenvalue weighted by Gasteiger charge is 2.42. The molecule has 2 rings (SSSR count). The van der Waals surface area contributed by atoms with Crippen LogP contribution in [-0.2, 0) is 0 Å². The van der Waals surface area contributed by atoms with Crippen molar-refractivity contribution in [1.29, 1.82) is 0 Å². The summed E-state index contributed by atoms with van der Waals surface area (Å²) in [7, 11) is 1.48. The molecule has 0 saturated heterocycles. The van der Waals surface area contributed by atoms with Crippen LogP contribution in [0.1, 0.15) is 26.7 Å². The van der Waals surface area contributed by atoms with Gasteiger partial charge in [0.25, 0.3) is 0 Å². The molecule has 88 valence electrons. The smallest absolute Gasteiger partial charge is 0.165 e. The van der Waals surface area contributed by atoms with E-state index in [-0.39, 0.29) is 11.6 Å². The molecule has 1 aliphatic carbocycles. The lowest BCUT2D eigenvalue weighted by atomic mass is 10.0. The molecule has 0 aromatic heterocycles. The Labute approximate surface area is 95.8 Å². The second kappa shape index (κ2) is 3.96. The third-order valence-electron chi connectivity index (χ3n) is 3.62. The summed E-state index contributed by atoms with van der Waals surface area (Å²) in [6.45, 7) is 4.44. The van der Waals surface area contributed by atoms with Crippen molar-refractivity contribution >= 4 is 5.69 Å².